The summed E-state index contributed by atoms with van der Waals surface area (Å²) in [7, 11) is 0. The van der Waals surface area contributed by atoms with Crippen molar-refractivity contribution in [1.29, 1.82) is 0 Å². The van der Waals surface area contributed by atoms with Crippen LogP contribution in [-0.2, 0) is 0 Å². The quantitative estimate of drug-likeness (QED) is 0.630. The number of hydrogen-bond acceptors (Lipinski definition) is 3. The molecule has 25 heavy (non-hydrogen) atoms. The zero-order valence-corrected chi connectivity index (χ0v) is 15.4. The third-order valence-corrected chi connectivity index (χ3v) is 4.11. The molecular weight excluding hydrogens is 312 g/mol. The highest BCUT2D eigenvalue weighted by Crippen LogP contribution is 2.33. The lowest BCUT2D eigenvalue weighted by Crippen LogP contribution is -2.03. The molecule has 1 N–H and O–H groups in total. The first-order valence-electron chi connectivity index (χ1n) is 8.93. The first-order valence-corrected chi connectivity index (χ1v) is 8.93. The zero-order chi connectivity index (χ0) is 17.8. The molecule has 0 amide bonds. The molecule has 4 nitrogen and oxygen atoms in total. The van der Waals surface area contributed by atoms with Gasteiger partial charge in [0, 0.05) is 5.56 Å². The number of ether oxygens (including phenoxy) is 2. The topological polar surface area (TPSA) is 47.1 Å². The molecule has 3 aromatic rings. The minimum atomic E-state index is 0.601. The Morgan fingerprint density at radius 1 is 1.04 bits per heavy atom. The Kier molecular flexibility index (Phi) is 5.27. The summed E-state index contributed by atoms with van der Waals surface area (Å²) in [6.45, 7) is 9.74. The van der Waals surface area contributed by atoms with Crippen LogP contribution in [0, 0.1) is 12.8 Å². The molecule has 3 rings (SSSR count). The van der Waals surface area contributed by atoms with Crippen LogP contribution in [0.2, 0.25) is 0 Å². The molecule has 4 heteroatoms. The number of nitrogens with zero attached hydrogens (tertiary/aromatic N) is 1. The molecule has 0 bridgehead atoms. The fraction of sp³-hybridized carbons (Fsp3) is 0.381. The van der Waals surface area contributed by atoms with E-state index in [0.29, 0.717) is 19.1 Å². The molecule has 2 aromatic carbocycles. The molecule has 1 heterocycles. The Morgan fingerprint density at radius 2 is 1.88 bits per heavy atom. The van der Waals surface area contributed by atoms with E-state index in [4.69, 9.17) is 9.47 Å². The van der Waals surface area contributed by atoms with Crippen molar-refractivity contribution in [2.24, 2.45) is 5.92 Å². The first kappa shape index (κ1) is 17.3. The highest BCUT2D eigenvalue weighted by atomic mass is 16.5. The summed E-state index contributed by atoms with van der Waals surface area (Å²) in [5, 5.41) is 0. The van der Waals surface area contributed by atoms with Gasteiger partial charge in [0.15, 0.2) is 11.5 Å². The van der Waals surface area contributed by atoms with Gasteiger partial charge in [-0.1, -0.05) is 19.9 Å². The third-order valence-electron chi connectivity index (χ3n) is 4.11. The Balaban J connectivity index is 1.89. The molecule has 0 unspecified atom stereocenters. The van der Waals surface area contributed by atoms with Gasteiger partial charge in [-0.15, -0.1) is 0 Å². The second kappa shape index (κ2) is 7.60. The van der Waals surface area contributed by atoms with E-state index in [1.165, 1.54) is 5.56 Å². The standard InChI is InChI=1S/C21H26N2O2/c1-5-24-20-13-16(7-9-19(20)25-11-10-14(2)3)21-22-17-8-6-15(4)12-18(17)23-21/h6-9,12-14H,5,10-11H2,1-4H3,(H,22,23). The van der Waals surface area contributed by atoms with Gasteiger partial charge in [-0.2, -0.15) is 0 Å². The highest BCUT2D eigenvalue weighted by molar-refractivity contribution is 5.80. The van der Waals surface area contributed by atoms with E-state index in [-0.39, 0.29) is 0 Å². The van der Waals surface area contributed by atoms with E-state index in [9.17, 15) is 0 Å². The molecule has 0 saturated carbocycles. The number of aromatic amines is 1. The summed E-state index contributed by atoms with van der Waals surface area (Å²) in [5.74, 6) is 3.02. The van der Waals surface area contributed by atoms with Crippen LogP contribution in [0.1, 0.15) is 32.8 Å². The first-order chi connectivity index (χ1) is 12.1. The molecule has 1 aromatic heterocycles. The molecule has 0 aliphatic rings. The van der Waals surface area contributed by atoms with Crippen molar-refractivity contribution in [2.45, 2.75) is 34.1 Å². The maximum atomic E-state index is 5.91. The fourth-order valence-corrected chi connectivity index (χ4v) is 2.71. The van der Waals surface area contributed by atoms with Crippen LogP contribution >= 0.6 is 0 Å². The minimum Gasteiger partial charge on any atom is -0.490 e. The molecule has 0 atom stereocenters. The summed E-state index contributed by atoms with van der Waals surface area (Å²) in [4.78, 5) is 8.08. The van der Waals surface area contributed by atoms with Gasteiger partial charge >= 0.3 is 0 Å². The Morgan fingerprint density at radius 3 is 2.64 bits per heavy atom. The van der Waals surface area contributed by atoms with Gasteiger partial charge < -0.3 is 14.5 Å². The van der Waals surface area contributed by atoms with Crippen molar-refractivity contribution in [2.75, 3.05) is 13.2 Å². The number of aromatic nitrogens is 2. The van der Waals surface area contributed by atoms with Crippen LogP contribution in [0.5, 0.6) is 11.5 Å². The van der Waals surface area contributed by atoms with Crippen LogP contribution < -0.4 is 9.47 Å². The zero-order valence-electron chi connectivity index (χ0n) is 15.4. The molecule has 132 valence electrons. The summed E-state index contributed by atoms with van der Waals surface area (Å²) in [6.07, 6.45) is 1.02. The lowest BCUT2D eigenvalue weighted by Gasteiger charge is -2.13. The average molecular weight is 338 g/mol. The van der Waals surface area contributed by atoms with E-state index < -0.39 is 0 Å². The molecule has 0 spiro atoms. The molecular formula is C21H26N2O2. The van der Waals surface area contributed by atoms with Gasteiger partial charge in [-0.3, -0.25) is 0 Å². The lowest BCUT2D eigenvalue weighted by atomic mass is 10.1. The molecule has 0 saturated heterocycles. The van der Waals surface area contributed by atoms with E-state index in [1.54, 1.807) is 0 Å². The summed E-state index contributed by atoms with van der Waals surface area (Å²) < 4.78 is 11.7. The summed E-state index contributed by atoms with van der Waals surface area (Å²) in [5.41, 5.74) is 4.22. The highest BCUT2D eigenvalue weighted by Gasteiger charge is 2.11. The van der Waals surface area contributed by atoms with Gasteiger partial charge in [-0.25, -0.2) is 4.98 Å². The van der Waals surface area contributed by atoms with Crippen LogP contribution in [-0.4, -0.2) is 23.2 Å². The number of fused-ring (bicyclic) bond motifs is 1. The SMILES string of the molecule is CCOc1cc(-c2nc3ccc(C)cc3[nH]2)ccc1OCCC(C)C. The Bertz CT molecular complexity index is 852. The monoisotopic (exact) mass is 338 g/mol. The number of nitrogens with one attached hydrogen (secondary N) is 1. The average Bonchev–Trinajstić information content (AvgIpc) is 2.99. The maximum absolute atomic E-state index is 5.91. The van der Waals surface area contributed by atoms with Crippen LogP contribution in [0.25, 0.3) is 22.4 Å². The van der Waals surface area contributed by atoms with Crippen LogP contribution in [0.3, 0.4) is 0 Å². The van der Waals surface area contributed by atoms with Crippen molar-refractivity contribution in [3.63, 3.8) is 0 Å². The lowest BCUT2D eigenvalue weighted by molar-refractivity contribution is 0.261. The smallest absolute Gasteiger partial charge is 0.161 e. The third kappa shape index (κ3) is 4.13. The fourth-order valence-electron chi connectivity index (χ4n) is 2.71. The summed E-state index contributed by atoms with van der Waals surface area (Å²) in [6, 6.07) is 12.2. The number of hydrogen-bond donors (Lipinski definition) is 1. The molecule has 0 aliphatic carbocycles. The van der Waals surface area contributed by atoms with E-state index >= 15 is 0 Å². The number of aryl methyl sites for hydroxylation is 1. The largest absolute Gasteiger partial charge is 0.490 e. The van der Waals surface area contributed by atoms with E-state index in [0.717, 1.165) is 40.3 Å². The Labute approximate surface area is 149 Å². The second-order valence-electron chi connectivity index (χ2n) is 6.73. The molecule has 0 fully saturated rings. The van der Waals surface area contributed by atoms with Crippen molar-refractivity contribution >= 4 is 11.0 Å². The van der Waals surface area contributed by atoms with Crippen molar-refractivity contribution in [3.8, 4) is 22.9 Å². The van der Waals surface area contributed by atoms with Gasteiger partial charge in [0.25, 0.3) is 0 Å². The number of benzene rings is 2. The normalized spacial score (nSPS) is 11.2. The minimum absolute atomic E-state index is 0.601. The molecule has 0 radical (unpaired) electrons. The van der Waals surface area contributed by atoms with E-state index in [2.05, 4.69) is 42.9 Å². The van der Waals surface area contributed by atoms with Crippen LogP contribution in [0.4, 0.5) is 0 Å². The summed E-state index contributed by atoms with van der Waals surface area (Å²) >= 11 is 0. The van der Waals surface area contributed by atoms with E-state index in [1.807, 2.05) is 31.2 Å². The number of H-pyrrole nitrogens is 1. The van der Waals surface area contributed by atoms with Crippen molar-refractivity contribution in [3.05, 3.63) is 42.0 Å². The number of imidazole rings is 1. The second-order valence-corrected chi connectivity index (χ2v) is 6.73. The maximum Gasteiger partial charge on any atom is 0.161 e. The van der Waals surface area contributed by atoms with Gasteiger partial charge in [0.1, 0.15) is 5.82 Å². The van der Waals surface area contributed by atoms with Gasteiger partial charge in [0.05, 0.1) is 24.2 Å². The Hall–Kier alpha value is -2.49. The molecule has 0 aliphatic heterocycles. The van der Waals surface area contributed by atoms with Gasteiger partial charge in [0.2, 0.25) is 0 Å². The van der Waals surface area contributed by atoms with Crippen molar-refractivity contribution < 1.29 is 9.47 Å². The number of rotatable bonds is 7. The van der Waals surface area contributed by atoms with Crippen LogP contribution in [0.15, 0.2) is 36.4 Å². The predicted octanol–water partition coefficient (Wildman–Crippen LogP) is 5.36. The van der Waals surface area contributed by atoms with Gasteiger partial charge in [-0.05, 0) is 62.1 Å². The van der Waals surface area contributed by atoms with Crippen molar-refractivity contribution in [1.82, 2.24) is 9.97 Å². The predicted molar refractivity (Wildman–Crippen MR) is 102 cm³/mol.